The zero-order chi connectivity index (χ0) is 26.5. The molecule has 1 fully saturated rings. The van der Waals surface area contributed by atoms with Crippen LogP contribution in [0.15, 0.2) is 42.4 Å². The first kappa shape index (κ1) is 17.3. The van der Waals surface area contributed by atoms with Crippen LogP contribution in [0.25, 0.3) is 0 Å². The van der Waals surface area contributed by atoms with E-state index in [1.165, 1.54) is 0 Å². The number of halogens is 3. The van der Waals surface area contributed by atoms with E-state index < -0.39 is 60.2 Å². The standard InChI is InChI=1S/C22H18ClF2N3O4/c23-15-4-2-14(3-5-15)22(24,25)21(32)26-10-12-1-6-16-13(9-12)11-28(20(16)31)17-7-8-18(29)27-19(17)30/h1-6,9,17H,7-8,10-11H2,(H,26,32)(H,27,29,30)/i6D,10D,11D/hD. The number of carbonyl (C=O) groups excluding carboxylic acids is 4. The molecule has 166 valence electrons. The van der Waals surface area contributed by atoms with Crippen LogP contribution in [-0.4, -0.2) is 34.6 Å². The van der Waals surface area contributed by atoms with E-state index >= 15 is 0 Å². The third kappa shape index (κ3) is 4.08. The van der Waals surface area contributed by atoms with Crippen molar-refractivity contribution >= 4 is 35.2 Å². The SMILES string of the molecule is [2H]c1cc(C([2H])N([2H])C(=O)C(F)(F)c2ccc(Cl)cc2)cc2c1C(=O)N(C1CCC(=O)NC1=O)C2[2H]. The second kappa shape index (κ2) is 8.31. The highest BCUT2D eigenvalue weighted by molar-refractivity contribution is 6.30. The van der Waals surface area contributed by atoms with Crippen molar-refractivity contribution in [1.29, 1.82) is 0 Å². The maximum atomic E-state index is 14.7. The Balaban J connectivity index is 1.61. The van der Waals surface area contributed by atoms with Gasteiger partial charge in [0.1, 0.15) is 6.04 Å². The molecule has 0 aliphatic carbocycles. The van der Waals surface area contributed by atoms with Crippen molar-refractivity contribution in [2.45, 2.75) is 37.8 Å². The number of rotatable bonds is 5. The van der Waals surface area contributed by atoms with Crippen molar-refractivity contribution < 1.29 is 33.5 Å². The highest BCUT2D eigenvalue weighted by Crippen LogP contribution is 2.30. The molecule has 2 heterocycles. The molecule has 2 N–H and O–H groups in total. The molecule has 2 aromatic carbocycles. The number of fused-ring (bicyclic) bond motifs is 1. The van der Waals surface area contributed by atoms with Gasteiger partial charge in [-0.3, -0.25) is 24.5 Å². The zero-order valence-corrected chi connectivity index (χ0v) is 17.0. The molecule has 2 aliphatic rings. The van der Waals surface area contributed by atoms with Gasteiger partial charge < -0.3 is 10.2 Å². The fraction of sp³-hybridized carbons (Fsp3) is 0.273. The summed E-state index contributed by atoms with van der Waals surface area (Å²) in [5, 5.41) is 2.01. The fourth-order valence-electron chi connectivity index (χ4n) is 3.41. The molecule has 3 atom stereocenters. The molecule has 2 aliphatic heterocycles. The van der Waals surface area contributed by atoms with E-state index in [4.69, 9.17) is 17.1 Å². The summed E-state index contributed by atoms with van der Waals surface area (Å²) >= 11 is 5.69. The van der Waals surface area contributed by atoms with Crippen LogP contribution in [0.2, 0.25) is 6.43 Å². The largest absolute Gasteiger partial charge is 0.349 e. The third-order valence-electron chi connectivity index (χ3n) is 5.07. The summed E-state index contributed by atoms with van der Waals surface area (Å²) < 4.78 is 62.3. The molecule has 0 aromatic heterocycles. The molecular formula is C22H18ClF2N3O4. The molecule has 3 unspecified atom stereocenters. The Kier molecular flexibility index (Phi) is 4.48. The van der Waals surface area contributed by atoms with Crippen LogP contribution in [0.1, 0.15) is 44.0 Å². The lowest BCUT2D eigenvalue weighted by Gasteiger charge is -2.29. The molecule has 4 amide bonds. The number of alkyl halides is 2. The number of nitrogens with zero attached hydrogens (tertiary/aromatic N) is 1. The van der Waals surface area contributed by atoms with Gasteiger partial charge in [0.2, 0.25) is 11.8 Å². The van der Waals surface area contributed by atoms with E-state index in [1.54, 1.807) is 0 Å². The summed E-state index contributed by atoms with van der Waals surface area (Å²) in [6.07, 6.45) is -0.0649. The molecule has 32 heavy (non-hydrogen) atoms. The van der Waals surface area contributed by atoms with Crippen LogP contribution in [0.5, 0.6) is 0 Å². The van der Waals surface area contributed by atoms with E-state index in [-0.39, 0.29) is 39.9 Å². The quantitative estimate of drug-likeness (QED) is 0.663. The summed E-state index contributed by atoms with van der Waals surface area (Å²) in [5.74, 6) is -8.23. The Morgan fingerprint density at radius 1 is 1.34 bits per heavy atom. The van der Waals surface area contributed by atoms with Crippen LogP contribution >= 0.6 is 11.6 Å². The Labute approximate surface area is 192 Å². The number of amides is 4. The molecule has 10 heteroatoms. The Hall–Kier alpha value is -3.33. The van der Waals surface area contributed by atoms with Crippen molar-refractivity contribution in [3.63, 3.8) is 0 Å². The molecular weight excluding hydrogens is 444 g/mol. The van der Waals surface area contributed by atoms with Gasteiger partial charge in [-0.1, -0.05) is 35.9 Å². The van der Waals surface area contributed by atoms with Crippen LogP contribution in [-0.2, 0) is 33.3 Å². The van der Waals surface area contributed by atoms with Crippen molar-refractivity contribution in [1.82, 2.24) is 15.5 Å². The molecule has 0 bridgehead atoms. The van der Waals surface area contributed by atoms with Crippen molar-refractivity contribution in [3.05, 3.63) is 69.7 Å². The minimum absolute atomic E-state index is 0.0180. The number of imide groups is 1. The molecule has 2 aromatic rings. The van der Waals surface area contributed by atoms with Crippen LogP contribution in [0, 0.1) is 0 Å². The molecule has 7 nitrogen and oxygen atoms in total. The number of hydrogen-bond acceptors (Lipinski definition) is 4. The molecule has 0 saturated carbocycles. The number of hydrogen-bond donors (Lipinski definition) is 2. The van der Waals surface area contributed by atoms with Gasteiger partial charge in [0.25, 0.3) is 11.8 Å². The van der Waals surface area contributed by atoms with Gasteiger partial charge in [-0.05, 0) is 35.7 Å². The van der Waals surface area contributed by atoms with E-state index in [9.17, 15) is 28.0 Å². The molecule has 4 rings (SSSR count). The molecule has 0 radical (unpaired) electrons. The number of nitrogens with one attached hydrogen (secondary N) is 2. The van der Waals surface area contributed by atoms with E-state index in [0.29, 0.717) is 0 Å². The predicted octanol–water partition coefficient (Wildman–Crippen LogP) is 2.51. The van der Waals surface area contributed by atoms with Gasteiger partial charge in [0.15, 0.2) is 1.41 Å². The lowest BCUT2D eigenvalue weighted by molar-refractivity contribution is -0.147. The zero-order valence-electron chi connectivity index (χ0n) is 20.3. The first-order chi connectivity index (χ1) is 16.8. The normalized spacial score (nSPS) is 23.5. The van der Waals surface area contributed by atoms with Gasteiger partial charge in [0.05, 0.1) is 4.11 Å². The smallest absolute Gasteiger partial charge is 0.346 e. The van der Waals surface area contributed by atoms with E-state index in [0.717, 1.165) is 41.3 Å². The van der Waals surface area contributed by atoms with Gasteiger partial charge in [-0.2, -0.15) is 8.78 Å². The highest BCUT2D eigenvalue weighted by Gasteiger charge is 2.41. The summed E-state index contributed by atoms with van der Waals surface area (Å²) in [6.45, 7) is -3.50. The van der Waals surface area contributed by atoms with E-state index in [1.807, 2.05) is 0 Å². The number of carbonyl (C=O) groups is 4. The van der Waals surface area contributed by atoms with Gasteiger partial charge in [-0.15, -0.1) is 0 Å². The van der Waals surface area contributed by atoms with Gasteiger partial charge >= 0.3 is 5.92 Å². The van der Waals surface area contributed by atoms with E-state index in [2.05, 4.69) is 5.32 Å². The average molecular weight is 466 g/mol. The maximum absolute atomic E-state index is 14.7. The third-order valence-corrected chi connectivity index (χ3v) is 5.32. The first-order valence-corrected chi connectivity index (χ1v) is 9.84. The average Bonchev–Trinajstić information content (AvgIpc) is 3.08. The van der Waals surface area contributed by atoms with Crippen LogP contribution in [0.4, 0.5) is 8.78 Å². The predicted molar refractivity (Wildman–Crippen MR) is 110 cm³/mol. The Morgan fingerprint density at radius 3 is 2.75 bits per heavy atom. The Morgan fingerprint density at radius 2 is 2.06 bits per heavy atom. The number of benzene rings is 2. The second-order valence-corrected chi connectivity index (χ2v) is 7.65. The summed E-state index contributed by atoms with van der Waals surface area (Å²) in [7, 11) is 0. The lowest BCUT2D eigenvalue weighted by atomic mass is 10.0. The monoisotopic (exact) mass is 465 g/mol. The first-order valence-electron chi connectivity index (χ1n) is 11.6. The maximum Gasteiger partial charge on any atom is 0.349 e. The van der Waals surface area contributed by atoms with Crippen molar-refractivity contribution in [3.8, 4) is 0 Å². The topological polar surface area (TPSA) is 95.6 Å². The minimum atomic E-state index is -4.15. The summed E-state index contributed by atoms with van der Waals surface area (Å²) in [5.41, 5.74) is -1.27. The highest BCUT2D eigenvalue weighted by atomic mass is 35.5. The molecule has 0 spiro atoms. The number of piperidine rings is 1. The van der Waals surface area contributed by atoms with Crippen molar-refractivity contribution in [2.24, 2.45) is 0 Å². The van der Waals surface area contributed by atoms with Crippen LogP contribution < -0.4 is 10.6 Å². The van der Waals surface area contributed by atoms with Crippen LogP contribution in [0.3, 0.4) is 0 Å². The van der Waals surface area contributed by atoms with Crippen molar-refractivity contribution in [2.75, 3.05) is 0 Å². The summed E-state index contributed by atoms with van der Waals surface area (Å²) in [4.78, 5) is 50.0. The lowest BCUT2D eigenvalue weighted by Crippen LogP contribution is -2.52. The molecule has 1 saturated heterocycles. The van der Waals surface area contributed by atoms with Gasteiger partial charge in [-0.25, -0.2) is 0 Å². The Bertz CT molecular complexity index is 1280. The van der Waals surface area contributed by atoms with Gasteiger partial charge in [0, 0.05) is 35.6 Å². The minimum Gasteiger partial charge on any atom is -0.346 e. The fourth-order valence-corrected chi connectivity index (χ4v) is 3.53. The second-order valence-electron chi connectivity index (χ2n) is 7.22. The summed E-state index contributed by atoms with van der Waals surface area (Å²) in [6, 6.07) is 4.64.